The Hall–Kier alpha value is -3.54. The van der Waals surface area contributed by atoms with Crippen molar-refractivity contribution in [2.24, 2.45) is 0 Å². The summed E-state index contributed by atoms with van der Waals surface area (Å²) in [6.45, 7) is 18.7. The predicted molar refractivity (Wildman–Crippen MR) is 189 cm³/mol. The summed E-state index contributed by atoms with van der Waals surface area (Å²) in [5, 5.41) is -0.0116. The van der Waals surface area contributed by atoms with Crippen LogP contribution < -0.4 is 9.64 Å². The lowest BCUT2D eigenvalue weighted by molar-refractivity contribution is 0.0172. The largest absolute Gasteiger partial charge is 0.491 e. The van der Waals surface area contributed by atoms with Gasteiger partial charge in [-0.1, -0.05) is 32.9 Å². The summed E-state index contributed by atoms with van der Waals surface area (Å²) >= 11 is 0. The van der Waals surface area contributed by atoms with Crippen LogP contribution in [0.25, 0.3) is 22.6 Å². The molecule has 2 aromatic heterocycles. The van der Waals surface area contributed by atoms with E-state index in [0.29, 0.717) is 24.2 Å². The Kier molecular flexibility index (Phi) is 11.7. The van der Waals surface area contributed by atoms with Crippen LogP contribution in [0.3, 0.4) is 0 Å². The third-order valence-corrected chi connectivity index (χ3v) is 13.3. The number of carbonyl (C=O) groups excluding carboxylic acids is 1. The third-order valence-electron chi connectivity index (χ3n) is 8.77. The number of pyridine rings is 1. The summed E-state index contributed by atoms with van der Waals surface area (Å²) in [6, 6.07) is 14.1. The van der Waals surface area contributed by atoms with E-state index in [9.17, 15) is 4.79 Å². The zero-order valence-corrected chi connectivity index (χ0v) is 30.9. The molecule has 0 spiro atoms. The van der Waals surface area contributed by atoms with Crippen molar-refractivity contribution >= 4 is 20.2 Å². The average Bonchev–Trinajstić information content (AvgIpc) is 3.02. The minimum atomic E-state index is -2.18. The number of nitrogens with zero attached hydrogens (tertiary/aromatic N) is 5. The maximum absolute atomic E-state index is 12.8. The fourth-order valence-electron chi connectivity index (χ4n) is 5.03. The highest BCUT2D eigenvalue weighted by atomic mass is 28.4. The lowest BCUT2D eigenvalue weighted by Crippen LogP contribution is -2.49. The molecule has 3 heterocycles. The van der Waals surface area contributed by atoms with Crippen LogP contribution in [0.5, 0.6) is 5.75 Å². The van der Waals surface area contributed by atoms with Crippen LogP contribution in [0.1, 0.15) is 54.4 Å². The average molecular weight is 664 g/mol. The molecule has 4 rings (SSSR count). The first-order chi connectivity index (χ1) is 22.0. The first-order valence-corrected chi connectivity index (χ1v) is 19.4. The molecule has 1 aromatic carbocycles. The predicted octanol–water partition coefficient (Wildman–Crippen LogP) is 7.46. The van der Waals surface area contributed by atoms with Crippen molar-refractivity contribution in [3.8, 4) is 28.4 Å². The highest BCUT2D eigenvalue weighted by molar-refractivity contribution is 6.74. The molecule has 0 aliphatic carbocycles. The van der Waals surface area contributed by atoms with Crippen molar-refractivity contribution in [1.82, 2.24) is 19.9 Å². The van der Waals surface area contributed by atoms with Gasteiger partial charge in [0, 0.05) is 62.9 Å². The van der Waals surface area contributed by atoms with Gasteiger partial charge in [0.2, 0.25) is 0 Å². The minimum absolute atomic E-state index is 0.0116. The van der Waals surface area contributed by atoms with E-state index < -0.39 is 20.0 Å². The maximum atomic E-state index is 12.8. The number of likely N-dealkylation sites (N-methyl/N-ethyl adjacent to an activating group) is 1. The molecule has 1 aliphatic rings. The number of ether oxygens (including phenoxy) is 3. The number of rotatable bonds is 11. The molecule has 1 amide bonds. The van der Waals surface area contributed by atoms with Crippen molar-refractivity contribution in [1.29, 1.82) is 0 Å². The Morgan fingerprint density at radius 1 is 0.979 bits per heavy atom. The van der Waals surface area contributed by atoms with Gasteiger partial charge in [0.15, 0.2) is 14.1 Å². The van der Waals surface area contributed by atoms with Crippen LogP contribution in [0.2, 0.25) is 18.1 Å². The van der Waals surface area contributed by atoms with E-state index >= 15 is 0 Å². The SMILES string of the molecule is CN(CC(COc1cccc(-c2nc(-c3ccncc3)cc(N(C)C3CCOCC3)n2)c1)O[Si](C)(C)C(C)(C)C)C(=O)OC(C)(C)C. The molecule has 1 atom stereocenters. The molecule has 0 bridgehead atoms. The Balaban J connectivity index is 1.60. The standard InChI is InChI=1S/C36H53N5O5Si/c1-35(2,3)45-34(42)40(7)24-30(46-47(9,10)36(4,5)6)25-44-29-13-11-12-27(22-29)33-38-31(26-14-18-37-19-15-26)23-32(39-33)41(8)28-16-20-43-21-17-28/h11-15,18-19,22-23,28,30H,16-17,20-21,24-25H2,1-10H3. The minimum Gasteiger partial charge on any atom is -0.491 e. The summed E-state index contributed by atoms with van der Waals surface area (Å²) < 4.78 is 24.4. The number of hydrogen-bond donors (Lipinski definition) is 0. The summed E-state index contributed by atoms with van der Waals surface area (Å²) in [7, 11) is 1.64. The molecule has 0 N–H and O–H groups in total. The molecule has 3 aromatic rings. The van der Waals surface area contributed by atoms with E-state index in [4.69, 9.17) is 28.6 Å². The van der Waals surface area contributed by atoms with Gasteiger partial charge in [-0.05, 0) is 76.0 Å². The topological polar surface area (TPSA) is 99.1 Å². The normalized spacial score (nSPS) is 15.2. The Morgan fingerprint density at radius 3 is 2.30 bits per heavy atom. The van der Waals surface area contributed by atoms with E-state index in [1.165, 1.54) is 0 Å². The highest BCUT2D eigenvalue weighted by Crippen LogP contribution is 2.37. The summed E-state index contributed by atoms with van der Waals surface area (Å²) in [4.78, 5) is 30.8. The van der Waals surface area contributed by atoms with Crippen LogP contribution in [0, 0.1) is 0 Å². The number of amides is 1. The van der Waals surface area contributed by atoms with Gasteiger partial charge in [0.25, 0.3) is 0 Å². The molecule has 1 unspecified atom stereocenters. The number of carbonyl (C=O) groups is 1. The van der Waals surface area contributed by atoms with Crippen molar-refractivity contribution in [3.63, 3.8) is 0 Å². The molecule has 10 nitrogen and oxygen atoms in total. The smallest absolute Gasteiger partial charge is 0.410 e. The van der Waals surface area contributed by atoms with E-state index in [2.05, 4.69) is 50.8 Å². The number of benzene rings is 1. The fraction of sp³-hybridized carbons (Fsp3) is 0.556. The van der Waals surface area contributed by atoms with E-state index in [1.54, 1.807) is 24.3 Å². The van der Waals surface area contributed by atoms with E-state index in [1.807, 2.05) is 63.2 Å². The maximum Gasteiger partial charge on any atom is 0.410 e. The first-order valence-electron chi connectivity index (χ1n) is 16.5. The van der Waals surface area contributed by atoms with Gasteiger partial charge in [0.1, 0.15) is 23.8 Å². The molecule has 11 heteroatoms. The second-order valence-corrected chi connectivity index (χ2v) is 19.6. The zero-order valence-electron chi connectivity index (χ0n) is 29.9. The van der Waals surface area contributed by atoms with Gasteiger partial charge in [-0.3, -0.25) is 4.98 Å². The van der Waals surface area contributed by atoms with Gasteiger partial charge in [-0.2, -0.15) is 0 Å². The molecule has 1 fully saturated rings. The quantitative estimate of drug-likeness (QED) is 0.194. The molecule has 1 aliphatic heterocycles. The second kappa shape index (κ2) is 15.1. The van der Waals surface area contributed by atoms with Gasteiger partial charge in [0.05, 0.1) is 18.3 Å². The zero-order chi connectivity index (χ0) is 34.4. The van der Waals surface area contributed by atoms with Crippen LogP contribution >= 0.6 is 0 Å². The summed E-state index contributed by atoms with van der Waals surface area (Å²) in [6.07, 6.45) is 4.70. The molecule has 0 radical (unpaired) electrons. The van der Waals surface area contributed by atoms with Crippen LogP contribution in [0.4, 0.5) is 10.6 Å². The Labute approximate surface area is 282 Å². The van der Waals surface area contributed by atoms with Crippen LogP contribution in [0.15, 0.2) is 54.9 Å². The fourth-order valence-corrected chi connectivity index (χ4v) is 6.36. The molecular weight excluding hydrogens is 611 g/mol. The molecule has 47 heavy (non-hydrogen) atoms. The highest BCUT2D eigenvalue weighted by Gasteiger charge is 2.40. The number of anilines is 1. The van der Waals surface area contributed by atoms with Gasteiger partial charge >= 0.3 is 6.09 Å². The monoisotopic (exact) mass is 663 g/mol. The second-order valence-electron chi connectivity index (χ2n) is 14.8. The lowest BCUT2D eigenvalue weighted by Gasteiger charge is -2.40. The van der Waals surface area contributed by atoms with E-state index in [0.717, 1.165) is 48.7 Å². The van der Waals surface area contributed by atoms with Gasteiger partial charge < -0.3 is 28.4 Å². The number of aromatic nitrogens is 3. The number of hydrogen-bond acceptors (Lipinski definition) is 9. The molecule has 0 saturated carbocycles. The summed E-state index contributed by atoms with van der Waals surface area (Å²) in [5.41, 5.74) is 2.05. The van der Waals surface area contributed by atoms with Crippen molar-refractivity contribution in [2.45, 2.75) is 90.3 Å². The first kappa shape index (κ1) is 36.3. The van der Waals surface area contributed by atoms with E-state index in [-0.39, 0.29) is 17.7 Å². The van der Waals surface area contributed by atoms with Crippen molar-refractivity contribution in [3.05, 3.63) is 54.9 Å². The van der Waals surface area contributed by atoms with Crippen molar-refractivity contribution < 1.29 is 23.4 Å². The van der Waals surface area contributed by atoms with Gasteiger partial charge in [-0.15, -0.1) is 0 Å². The van der Waals surface area contributed by atoms with Crippen LogP contribution in [-0.4, -0.2) is 92.5 Å². The lowest BCUT2D eigenvalue weighted by atomic mass is 10.1. The Bertz CT molecular complexity index is 1470. The van der Waals surface area contributed by atoms with Crippen molar-refractivity contribution in [2.75, 3.05) is 45.4 Å². The summed E-state index contributed by atoms with van der Waals surface area (Å²) in [5.74, 6) is 2.13. The Morgan fingerprint density at radius 2 is 1.66 bits per heavy atom. The molecular formula is C36H53N5O5Si. The molecule has 1 saturated heterocycles. The van der Waals surface area contributed by atoms with Crippen LogP contribution in [-0.2, 0) is 13.9 Å². The van der Waals surface area contributed by atoms with Gasteiger partial charge in [-0.25, -0.2) is 14.8 Å². The molecule has 256 valence electrons. The third kappa shape index (κ3) is 10.2.